The molecule has 0 aromatic rings. The van der Waals surface area contributed by atoms with Crippen molar-refractivity contribution in [2.24, 2.45) is 5.41 Å². The molecular formula is C5H11O4. The van der Waals surface area contributed by atoms with Crippen LogP contribution in [0.4, 0.5) is 0 Å². The van der Waals surface area contributed by atoms with Crippen molar-refractivity contribution in [2.75, 3.05) is 26.4 Å². The lowest BCUT2D eigenvalue weighted by molar-refractivity contribution is -0.0524. The first kappa shape index (κ1) is 8.84. The highest BCUT2D eigenvalue weighted by Crippen LogP contribution is 2.12. The van der Waals surface area contributed by atoms with Gasteiger partial charge in [0.05, 0.1) is 31.8 Å². The van der Waals surface area contributed by atoms with Crippen molar-refractivity contribution in [3.05, 3.63) is 0 Å². The van der Waals surface area contributed by atoms with Gasteiger partial charge in [0.2, 0.25) is 0 Å². The average Bonchev–Trinajstić information content (AvgIpc) is 1.95. The van der Waals surface area contributed by atoms with Crippen LogP contribution in [0.1, 0.15) is 0 Å². The van der Waals surface area contributed by atoms with Crippen LogP contribution in [0, 0.1) is 5.41 Å². The van der Waals surface area contributed by atoms with Crippen LogP contribution in [-0.4, -0.2) is 41.7 Å². The van der Waals surface area contributed by atoms with Gasteiger partial charge in [-0.1, -0.05) is 0 Å². The quantitative estimate of drug-likeness (QED) is 0.433. The summed E-state index contributed by atoms with van der Waals surface area (Å²) >= 11 is 0. The Morgan fingerprint density at radius 3 is 1.33 bits per heavy atom. The average molecular weight is 135 g/mol. The summed E-state index contributed by atoms with van der Waals surface area (Å²) in [6.45, 7) is -2.06. The minimum atomic E-state index is -1.22. The fourth-order valence-corrected chi connectivity index (χ4v) is 0.287. The van der Waals surface area contributed by atoms with Crippen LogP contribution in [0.5, 0.6) is 0 Å². The monoisotopic (exact) mass is 135 g/mol. The zero-order valence-corrected chi connectivity index (χ0v) is 5.08. The lowest BCUT2D eigenvalue weighted by Gasteiger charge is -2.22. The van der Waals surface area contributed by atoms with Crippen molar-refractivity contribution in [3.8, 4) is 0 Å². The second-order valence-corrected chi connectivity index (χ2v) is 2.12. The highest BCUT2D eigenvalue weighted by molar-refractivity contribution is 4.74. The molecule has 4 nitrogen and oxygen atoms in total. The molecule has 0 saturated heterocycles. The third-order valence-corrected chi connectivity index (χ3v) is 1.31. The van der Waals surface area contributed by atoms with Gasteiger partial charge in [-0.2, -0.15) is 0 Å². The molecule has 9 heavy (non-hydrogen) atoms. The Hall–Kier alpha value is -0.160. The van der Waals surface area contributed by atoms with Crippen molar-refractivity contribution in [2.45, 2.75) is 0 Å². The smallest absolute Gasteiger partial charge is 0.0944 e. The molecule has 0 amide bonds. The molecule has 0 aliphatic carbocycles. The van der Waals surface area contributed by atoms with Gasteiger partial charge in [0.15, 0.2) is 0 Å². The van der Waals surface area contributed by atoms with Gasteiger partial charge in [-0.3, -0.25) is 0 Å². The molecule has 0 bridgehead atoms. The van der Waals surface area contributed by atoms with Crippen LogP contribution < -0.4 is 0 Å². The number of hydrogen-bond acceptors (Lipinski definition) is 3. The van der Waals surface area contributed by atoms with E-state index < -0.39 is 31.8 Å². The van der Waals surface area contributed by atoms with Crippen LogP contribution in [0.2, 0.25) is 0 Å². The Morgan fingerprint density at radius 2 is 1.33 bits per heavy atom. The maximum absolute atomic E-state index is 10.2. The van der Waals surface area contributed by atoms with Crippen molar-refractivity contribution in [1.82, 2.24) is 0 Å². The number of rotatable bonds is 4. The molecule has 0 aromatic carbocycles. The fourth-order valence-electron chi connectivity index (χ4n) is 0.287. The van der Waals surface area contributed by atoms with Crippen LogP contribution in [-0.2, 0) is 5.11 Å². The molecule has 0 rings (SSSR count). The standard InChI is InChI=1S/C5H11O4/c6-1-5(2-7,3-8)4-9/h6-8H,1-4H2. The molecule has 0 spiro atoms. The molecule has 0 saturated carbocycles. The van der Waals surface area contributed by atoms with Crippen molar-refractivity contribution in [3.63, 3.8) is 0 Å². The van der Waals surface area contributed by atoms with Gasteiger partial charge in [0.25, 0.3) is 0 Å². The van der Waals surface area contributed by atoms with Crippen LogP contribution in [0.3, 0.4) is 0 Å². The second-order valence-electron chi connectivity index (χ2n) is 2.12. The first-order chi connectivity index (χ1) is 4.24. The Labute approximate surface area is 53.4 Å². The molecular weight excluding hydrogens is 124 g/mol. The Kier molecular flexibility index (Phi) is 3.72. The van der Waals surface area contributed by atoms with E-state index >= 15 is 0 Å². The predicted octanol–water partition coefficient (Wildman–Crippen LogP) is -1.62. The molecule has 0 aromatic heterocycles. The third-order valence-electron chi connectivity index (χ3n) is 1.31. The summed E-state index contributed by atoms with van der Waals surface area (Å²) in [7, 11) is 0. The number of hydrogen-bond donors (Lipinski definition) is 3. The zero-order chi connectivity index (χ0) is 7.33. The predicted molar refractivity (Wildman–Crippen MR) is 29.2 cm³/mol. The van der Waals surface area contributed by atoms with E-state index in [-0.39, 0.29) is 0 Å². The fraction of sp³-hybridized carbons (Fsp3) is 1.00. The maximum Gasteiger partial charge on any atom is 0.0944 e. The first-order valence-corrected chi connectivity index (χ1v) is 2.65. The molecule has 4 heteroatoms. The van der Waals surface area contributed by atoms with E-state index in [1.54, 1.807) is 0 Å². The summed E-state index contributed by atoms with van der Waals surface area (Å²) in [4.78, 5) is 0. The molecule has 0 fully saturated rings. The minimum Gasteiger partial charge on any atom is -0.396 e. The summed E-state index contributed by atoms with van der Waals surface area (Å²) in [5.41, 5.74) is -1.22. The van der Waals surface area contributed by atoms with Gasteiger partial charge >= 0.3 is 0 Å². The lowest BCUT2D eigenvalue weighted by Crippen LogP contribution is -2.37. The minimum absolute atomic E-state index is 0.469. The summed E-state index contributed by atoms with van der Waals surface area (Å²) in [6, 6.07) is 0. The van der Waals surface area contributed by atoms with Crippen molar-refractivity contribution < 1.29 is 20.4 Å². The third kappa shape index (κ3) is 1.91. The summed E-state index contributed by atoms with van der Waals surface area (Å²) in [5.74, 6) is 0. The topological polar surface area (TPSA) is 80.6 Å². The largest absolute Gasteiger partial charge is 0.396 e. The lowest BCUT2D eigenvalue weighted by atomic mass is 9.93. The van der Waals surface area contributed by atoms with E-state index in [2.05, 4.69) is 0 Å². The molecule has 0 aliphatic rings. The summed E-state index contributed by atoms with van der Waals surface area (Å²) in [5, 5.41) is 35.5. The number of aliphatic hydroxyl groups excluding tert-OH is 3. The van der Waals surface area contributed by atoms with E-state index in [1.807, 2.05) is 0 Å². The maximum atomic E-state index is 10.2. The first-order valence-electron chi connectivity index (χ1n) is 2.65. The molecule has 0 atom stereocenters. The van der Waals surface area contributed by atoms with E-state index in [0.29, 0.717) is 0 Å². The Morgan fingerprint density at radius 1 is 1.00 bits per heavy atom. The molecule has 3 N–H and O–H groups in total. The Balaban J connectivity index is 3.82. The van der Waals surface area contributed by atoms with E-state index in [1.165, 1.54) is 0 Å². The highest BCUT2D eigenvalue weighted by Gasteiger charge is 2.27. The summed E-state index contributed by atoms with van der Waals surface area (Å²) in [6.07, 6.45) is 0. The molecule has 55 valence electrons. The number of aliphatic hydroxyl groups is 3. The van der Waals surface area contributed by atoms with E-state index in [0.717, 1.165) is 0 Å². The van der Waals surface area contributed by atoms with Crippen molar-refractivity contribution >= 4 is 0 Å². The Bertz CT molecular complexity index is 51.8. The molecule has 0 unspecified atom stereocenters. The van der Waals surface area contributed by atoms with Crippen LogP contribution in [0.25, 0.3) is 0 Å². The van der Waals surface area contributed by atoms with Gasteiger partial charge in [0, 0.05) is 0 Å². The van der Waals surface area contributed by atoms with E-state index in [4.69, 9.17) is 15.3 Å². The van der Waals surface area contributed by atoms with Crippen LogP contribution >= 0.6 is 0 Å². The SMILES string of the molecule is [O]CC(CO)(CO)CO. The normalized spacial score (nSPS) is 12.0. The van der Waals surface area contributed by atoms with Crippen LogP contribution in [0.15, 0.2) is 0 Å². The van der Waals surface area contributed by atoms with Gasteiger partial charge in [-0.05, 0) is 0 Å². The molecule has 0 heterocycles. The highest BCUT2D eigenvalue weighted by atomic mass is 16.3. The van der Waals surface area contributed by atoms with Crippen molar-refractivity contribution in [1.29, 1.82) is 0 Å². The van der Waals surface area contributed by atoms with E-state index in [9.17, 15) is 5.11 Å². The molecule has 1 radical (unpaired) electrons. The van der Waals surface area contributed by atoms with Gasteiger partial charge in [-0.15, -0.1) is 0 Å². The second kappa shape index (κ2) is 3.79. The zero-order valence-electron chi connectivity index (χ0n) is 5.08. The molecule has 0 aliphatic heterocycles. The van der Waals surface area contributed by atoms with Gasteiger partial charge in [-0.25, -0.2) is 5.11 Å². The van der Waals surface area contributed by atoms with Gasteiger partial charge < -0.3 is 15.3 Å². The van der Waals surface area contributed by atoms with Gasteiger partial charge in [0.1, 0.15) is 0 Å². The summed E-state index contributed by atoms with van der Waals surface area (Å²) < 4.78 is 0.